The third kappa shape index (κ3) is 3.99. The lowest BCUT2D eigenvalue weighted by Crippen LogP contribution is -2.12. The van der Waals surface area contributed by atoms with Crippen LogP contribution in [-0.2, 0) is 6.61 Å². The Labute approximate surface area is 172 Å². The molecule has 0 amide bonds. The van der Waals surface area contributed by atoms with Crippen molar-refractivity contribution in [2.75, 3.05) is 7.11 Å². The third-order valence-electron chi connectivity index (χ3n) is 4.15. The zero-order chi connectivity index (χ0) is 20.3. The minimum Gasteiger partial charge on any atom is -0.493 e. The number of methoxy groups -OCH3 is 1. The monoisotopic (exact) mass is 414 g/mol. The summed E-state index contributed by atoms with van der Waals surface area (Å²) in [5.74, 6) is 0.740. The molecular formula is C21H16Cl2N2O3. The molecule has 0 fully saturated rings. The van der Waals surface area contributed by atoms with E-state index in [2.05, 4.69) is 4.98 Å². The van der Waals surface area contributed by atoms with Crippen molar-refractivity contribution in [3.63, 3.8) is 0 Å². The van der Waals surface area contributed by atoms with Crippen LogP contribution < -0.4 is 15.0 Å². The van der Waals surface area contributed by atoms with Gasteiger partial charge >= 0.3 is 0 Å². The molecule has 0 bridgehead atoms. The van der Waals surface area contributed by atoms with Gasteiger partial charge in [-0.3, -0.25) is 4.79 Å². The smallest absolute Gasteiger partial charge is 0.266 e. The van der Waals surface area contributed by atoms with E-state index >= 15 is 0 Å². The molecule has 142 valence electrons. The maximum absolute atomic E-state index is 12.1. The van der Waals surface area contributed by atoms with E-state index in [4.69, 9.17) is 32.7 Å². The standard InChI is InChI=1S/C21H16Cl2N2O3/c1-12-7-15(16(10-24)21(26)25-12)14-8-18(23)20(19(9-14)27-2)28-11-13-5-3-4-6-17(13)22/h3-9H,11H2,1-2H3,(H,25,26). The molecule has 0 aliphatic heterocycles. The Bertz CT molecular complexity index is 1130. The number of nitrogens with one attached hydrogen (secondary N) is 1. The Morgan fingerprint density at radius 1 is 1.14 bits per heavy atom. The van der Waals surface area contributed by atoms with Crippen LogP contribution in [0.5, 0.6) is 11.5 Å². The molecule has 28 heavy (non-hydrogen) atoms. The molecule has 1 heterocycles. The molecule has 0 saturated heterocycles. The molecule has 5 nitrogen and oxygen atoms in total. The van der Waals surface area contributed by atoms with Crippen molar-refractivity contribution in [3.8, 4) is 28.7 Å². The first-order valence-corrected chi connectivity index (χ1v) is 9.08. The Morgan fingerprint density at radius 2 is 1.89 bits per heavy atom. The van der Waals surface area contributed by atoms with Gasteiger partial charge < -0.3 is 14.5 Å². The molecule has 0 atom stereocenters. The fourth-order valence-corrected chi connectivity index (χ4v) is 3.26. The zero-order valence-corrected chi connectivity index (χ0v) is 16.7. The summed E-state index contributed by atoms with van der Waals surface area (Å²) in [5.41, 5.74) is 2.05. The van der Waals surface area contributed by atoms with E-state index < -0.39 is 5.56 Å². The van der Waals surface area contributed by atoms with E-state index in [9.17, 15) is 10.1 Å². The van der Waals surface area contributed by atoms with Gasteiger partial charge in [-0.15, -0.1) is 0 Å². The summed E-state index contributed by atoms with van der Waals surface area (Å²) in [7, 11) is 1.49. The van der Waals surface area contributed by atoms with E-state index in [-0.39, 0.29) is 12.2 Å². The van der Waals surface area contributed by atoms with Crippen molar-refractivity contribution < 1.29 is 9.47 Å². The number of aromatic amines is 1. The largest absolute Gasteiger partial charge is 0.493 e. The predicted octanol–water partition coefficient (Wildman–Crippen LogP) is 5.12. The predicted molar refractivity (Wildman–Crippen MR) is 109 cm³/mol. The van der Waals surface area contributed by atoms with Crippen LogP contribution in [0.1, 0.15) is 16.8 Å². The number of H-pyrrole nitrogens is 1. The van der Waals surface area contributed by atoms with Crippen LogP contribution >= 0.6 is 23.2 Å². The SMILES string of the molecule is COc1cc(-c2cc(C)[nH]c(=O)c2C#N)cc(Cl)c1OCc1ccccc1Cl. The molecule has 7 heteroatoms. The van der Waals surface area contributed by atoms with Gasteiger partial charge in [-0.2, -0.15) is 5.26 Å². The van der Waals surface area contributed by atoms with Crippen molar-refractivity contribution in [2.24, 2.45) is 0 Å². The molecule has 0 aliphatic rings. The number of nitriles is 1. The molecule has 3 rings (SSSR count). The number of nitrogens with zero attached hydrogens (tertiary/aromatic N) is 1. The second-order valence-electron chi connectivity index (χ2n) is 6.05. The summed E-state index contributed by atoms with van der Waals surface area (Å²) in [6, 6.07) is 14.3. The number of benzene rings is 2. The van der Waals surface area contributed by atoms with Gasteiger partial charge in [0.05, 0.1) is 12.1 Å². The lowest BCUT2D eigenvalue weighted by Gasteiger charge is -2.15. The molecule has 0 radical (unpaired) electrons. The van der Waals surface area contributed by atoms with Crippen LogP contribution in [-0.4, -0.2) is 12.1 Å². The average molecular weight is 415 g/mol. The highest BCUT2D eigenvalue weighted by molar-refractivity contribution is 6.32. The zero-order valence-electron chi connectivity index (χ0n) is 15.2. The number of pyridine rings is 1. The fourth-order valence-electron chi connectivity index (χ4n) is 2.81. The van der Waals surface area contributed by atoms with E-state index in [0.717, 1.165) is 5.56 Å². The molecule has 1 aromatic heterocycles. The van der Waals surface area contributed by atoms with Gasteiger partial charge in [-0.05, 0) is 36.8 Å². The molecular weight excluding hydrogens is 399 g/mol. The first-order valence-electron chi connectivity index (χ1n) is 8.32. The van der Waals surface area contributed by atoms with E-state index in [1.54, 1.807) is 31.2 Å². The van der Waals surface area contributed by atoms with E-state index in [1.807, 2.05) is 24.3 Å². The summed E-state index contributed by atoms with van der Waals surface area (Å²) >= 11 is 12.6. The Hall–Kier alpha value is -2.94. The number of aromatic nitrogens is 1. The van der Waals surface area contributed by atoms with Crippen molar-refractivity contribution in [3.05, 3.63) is 79.7 Å². The van der Waals surface area contributed by atoms with Crippen LogP contribution in [0.15, 0.2) is 47.3 Å². The number of ether oxygens (including phenoxy) is 2. The first kappa shape index (κ1) is 19.8. The quantitative estimate of drug-likeness (QED) is 0.628. The maximum atomic E-state index is 12.1. The number of hydrogen-bond acceptors (Lipinski definition) is 4. The Balaban J connectivity index is 2.03. The van der Waals surface area contributed by atoms with Gasteiger partial charge in [0.1, 0.15) is 18.2 Å². The van der Waals surface area contributed by atoms with Crippen LogP contribution in [0.2, 0.25) is 10.0 Å². The number of aryl methyl sites for hydroxylation is 1. The summed E-state index contributed by atoms with van der Waals surface area (Å²) in [4.78, 5) is 14.7. The normalized spacial score (nSPS) is 10.4. The van der Waals surface area contributed by atoms with Gasteiger partial charge in [-0.1, -0.05) is 41.4 Å². The minimum absolute atomic E-state index is 0.00783. The summed E-state index contributed by atoms with van der Waals surface area (Å²) in [6.07, 6.45) is 0. The van der Waals surface area contributed by atoms with Crippen molar-refractivity contribution >= 4 is 23.2 Å². The molecule has 0 aliphatic carbocycles. The average Bonchev–Trinajstić information content (AvgIpc) is 2.67. The molecule has 1 N–H and O–H groups in total. The maximum Gasteiger partial charge on any atom is 0.266 e. The highest BCUT2D eigenvalue weighted by Gasteiger charge is 2.17. The lowest BCUT2D eigenvalue weighted by molar-refractivity contribution is 0.285. The molecule has 2 aromatic carbocycles. The topological polar surface area (TPSA) is 75.1 Å². The van der Waals surface area contributed by atoms with Crippen molar-refractivity contribution in [2.45, 2.75) is 13.5 Å². The van der Waals surface area contributed by atoms with Gasteiger partial charge in [-0.25, -0.2) is 0 Å². The van der Waals surface area contributed by atoms with Crippen molar-refractivity contribution in [1.29, 1.82) is 5.26 Å². The molecule has 0 unspecified atom stereocenters. The summed E-state index contributed by atoms with van der Waals surface area (Å²) in [5, 5.41) is 10.3. The number of halogens is 2. The second kappa shape index (κ2) is 8.39. The second-order valence-corrected chi connectivity index (χ2v) is 6.87. The van der Waals surface area contributed by atoms with Gasteiger partial charge in [0, 0.05) is 21.8 Å². The molecule has 0 spiro atoms. The van der Waals surface area contributed by atoms with E-state index in [1.165, 1.54) is 7.11 Å². The van der Waals surface area contributed by atoms with Crippen LogP contribution in [0.25, 0.3) is 11.1 Å². The van der Waals surface area contributed by atoms with E-state index in [0.29, 0.717) is 38.4 Å². The van der Waals surface area contributed by atoms with Crippen molar-refractivity contribution in [1.82, 2.24) is 4.98 Å². The van der Waals surface area contributed by atoms with Gasteiger partial charge in [0.25, 0.3) is 5.56 Å². The molecule has 0 saturated carbocycles. The number of hydrogen-bond donors (Lipinski definition) is 1. The lowest BCUT2D eigenvalue weighted by atomic mass is 10.0. The van der Waals surface area contributed by atoms with Crippen LogP contribution in [0.3, 0.4) is 0 Å². The molecule has 3 aromatic rings. The van der Waals surface area contributed by atoms with Gasteiger partial charge in [0.15, 0.2) is 11.5 Å². The fraction of sp³-hybridized carbons (Fsp3) is 0.143. The first-order chi connectivity index (χ1) is 13.4. The van der Waals surface area contributed by atoms with Crippen LogP contribution in [0, 0.1) is 18.3 Å². The summed E-state index contributed by atoms with van der Waals surface area (Å²) in [6.45, 7) is 1.95. The van der Waals surface area contributed by atoms with Crippen LogP contribution in [0.4, 0.5) is 0 Å². The minimum atomic E-state index is -0.452. The highest BCUT2D eigenvalue weighted by atomic mass is 35.5. The number of rotatable bonds is 5. The van der Waals surface area contributed by atoms with Gasteiger partial charge in [0.2, 0.25) is 0 Å². The Kier molecular flexibility index (Phi) is 5.93. The third-order valence-corrected chi connectivity index (χ3v) is 4.80. The Morgan fingerprint density at radius 3 is 2.57 bits per heavy atom. The summed E-state index contributed by atoms with van der Waals surface area (Å²) < 4.78 is 11.3. The highest BCUT2D eigenvalue weighted by Crippen LogP contribution is 2.40.